The lowest BCUT2D eigenvalue weighted by atomic mass is 10.1. The molecule has 0 bridgehead atoms. The van der Waals surface area contributed by atoms with E-state index in [4.69, 9.17) is 4.74 Å². The van der Waals surface area contributed by atoms with Crippen LogP contribution in [0.2, 0.25) is 0 Å². The Morgan fingerprint density at radius 1 is 1.37 bits per heavy atom. The normalized spacial score (nSPS) is 19.8. The van der Waals surface area contributed by atoms with Crippen LogP contribution >= 0.6 is 0 Å². The van der Waals surface area contributed by atoms with E-state index < -0.39 is 5.69 Å². The van der Waals surface area contributed by atoms with Gasteiger partial charge in [-0.15, -0.1) is 0 Å². The summed E-state index contributed by atoms with van der Waals surface area (Å²) in [5.74, 6) is 0. The molecule has 1 aromatic rings. The Kier molecular flexibility index (Phi) is 4.93. The molecule has 0 amide bonds. The van der Waals surface area contributed by atoms with Crippen LogP contribution in [0.1, 0.15) is 31.4 Å². The van der Waals surface area contributed by atoms with Crippen molar-refractivity contribution >= 4 is 0 Å². The number of ether oxygens (including phenoxy) is 1. The van der Waals surface area contributed by atoms with Gasteiger partial charge < -0.3 is 14.6 Å². The lowest BCUT2D eigenvalue weighted by Gasteiger charge is -2.25. The van der Waals surface area contributed by atoms with Crippen molar-refractivity contribution in [2.45, 2.75) is 38.3 Å². The zero-order chi connectivity index (χ0) is 13.7. The molecule has 106 valence electrons. The highest BCUT2D eigenvalue weighted by Crippen LogP contribution is 2.15. The fraction of sp³-hybridized carbons (Fsp3) is 0.692. The predicted molar refractivity (Wildman–Crippen MR) is 72.2 cm³/mol. The Morgan fingerprint density at radius 2 is 2.21 bits per heavy atom. The smallest absolute Gasteiger partial charge is 0.325 e. The second-order valence-corrected chi connectivity index (χ2v) is 5.13. The van der Waals surface area contributed by atoms with Gasteiger partial charge in [0.2, 0.25) is 0 Å². The van der Waals surface area contributed by atoms with E-state index in [-0.39, 0.29) is 5.56 Å². The Labute approximate surface area is 111 Å². The summed E-state index contributed by atoms with van der Waals surface area (Å²) in [6, 6.07) is 1.43. The molecule has 1 atom stereocenters. The van der Waals surface area contributed by atoms with Crippen molar-refractivity contribution in [3.8, 4) is 0 Å². The molecule has 1 unspecified atom stereocenters. The molecular weight excluding hydrogens is 246 g/mol. The fourth-order valence-corrected chi connectivity index (χ4v) is 2.37. The summed E-state index contributed by atoms with van der Waals surface area (Å²) in [5.41, 5.74) is -0.171. The summed E-state index contributed by atoms with van der Waals surface area (Å²) < 4.78 is 5.68. The number of hydrogen-bond acceptors (Lipinski definition) is 4. The molecule has 0 saturated carbocycles. The maximum absolute atomic E-state index is 11.2. The Bertz CT molecular complexity index is 474. The van der Waals surface area contributed by atoms with E-state index in [0.29, 0.717) is 18.3 Å². The molecule has 6 heteroatoms. The Balaban J connectivity index is 1.81. The third-order valence-corrected chi connectivity index (χ3v) is 3.36. The molecular formula is C13H21N3O3. The molecule has 0 aliphatic carbocycles. The van der Waals surface area contributed by atoms with Crippen LogP contribution < -0.4 is 11.2 Å². The molecule has 2 heterocycles. The van der Waals surface area contributed by atoms with Gasteiger partial charge in [-0.2, -0.15) is 0 Å². The molecule has 2 N–H and O–H groups in total. The molecule has 6 nitrogen and oxygen atoms in total. The topological polar surface area (TPSA) is 78.2 Å². The molecule has 1 saturated heterocycles. The van der Waals surface area contributed by atoms with Crippen LogP contribution in [0, 0.1) is 0 Å². The first-order valence-electron chi connectivity index (χ1n) is 6.76. The van der Waals surface area contributed by atoms with Gasteiger partial charge in [0.05, 0.1) is 6.10 Å². The van der Waals surface area contributed by atoms with Gasteiger partial charge in [-0.1, -0.05) is 0 Å². The quantitative estimate of drug-likeness (QED) is 0.812. The molecule has 2 rings (SSSR count). The second-order valence-electron chi connectivity index (χ2n) is 5.13. The Morgan fingerprint density at radius 3 is 2.89 bits per heavy atom. The molecule has 19 heavy (non-hydrogen) atoms. The van der Waals surface area contributed by atoms with E-state index in [2.05, 4.69) is 14.9 Å². The molecule has 1 fully saturated rings. The summed E-state index contributed by atoms with van der Waals surface area (Å²) in [4.78, 5) is 29.2. The van der Waals surface area contributed by atoms with Crippen molar-refractivity contribution in [1.29, 1.82) is 0 Å². The molecule has 0 radical (unpaired) electrons. The van der Waals surface area contributed by atoms with Gasteiger partial charge in [0.25, 0.3) is 5.56 Å². The van der Waals surface area contributed by atoms with E-state index in [0.717, 1.165) is 26.0 Å². The highest BCUT2D eigenvalue weighted by molar-refractivity contribution is 4.98. The monoisotopic (exact) mass is 267 g/mol. The summed E-state index contributed by atoms with van der Waals surface area (Å²) in [6.45, 7) is 2.32. The number of nitrogens with zero attached hydrogens (tertiary/aromatic N) is 1. The van der Waals surface area contributed by atoms with Gasteiger partial charge in [0, 0.05) is 31.5 Å². The average molecular weight is 267 g/mol. The highest BCUT2D eigenvalue weighted by atomic mass is 16.5. The summed E-state index contributed by atoms with van der Waals surface area (Å²) in [6.07, 6.45) is 4.89. The van der Waals surface area contributed by atoms with Crippen molar-refractivity contribution in [2.75, 3.05) is 20.2 Å². The maximum atomic E-state index is 11.2. The second kappa shape index (κ2) is 6.68. The molecule has 1 aliphatic heterocycles. The SMILES string of the molecule is CN(CCC1CCCCO1)Cc1cc(=O)[nH]c(=O)[nH]1. The van der Waals surface area contributed by atoms with Crippen LogP contribution in [0.4, 0.5) is 0 Å². The first kappa shape index (κ1) is 14.0. The standard InChI is InChI=1S/C13H21N3O3/c1-16(6-5-11-4-2-3-7-19-11)9-10-8-12(17)15-13(18)14-10/h8,11H,2-7,9H2,1H3,(H2,14,15,17,18). The van der Waals surface area contributed by atoms with E-state index in [9.17, 15) is 9.59 Å². The lowest BCUT2D eigenvalue weighted by molar-refractivity contribution is 0.00635. The van der Waals surface area contributed by atoms with Crippen molar-refractivity contribution < 1.29 is 4.74 Å². The molecule has 1 aliphatic rings. The van der Waals surface area contributed by atoms with Crippen LogP contribution in [0.15, 0.2) is 15.7 Å². The number of aromatic nitrogens is 2. The summed E-state index contributed by atoms with van der Waals surface area (Å²) in [7, 11) is 1.97. The van der Waals surface area contributed by atoms with E-state index >= 15 is 0 Å². The van der Waals surface area contributed by atoms with Crippen LogP contribution in [-0.4, -0.2) is 41.2 Å². The minimum atomic E-state index is -0.452. The zero-order valence-electron chi connectivity index (χ0n) is 11.3. The highest BCUT2D eigenvalue weighted by Gasteiger charge is 2.14. The van der Waals surface area contributed by atoms with E-state index in [1.54, 1.807) is 0 Å². The van der Waals surface area contributed by atoms with Gasteiger partial charge in [0.15, 0.2) is 0 Å². The van der Waals surface area contributed by atoms with Gasteiger partial charge in [-0.3, -0.25) is 9.78 Å². The summed E-state index contributed by atoms with van der Waals surface area (Å²) >= 11 is 0. The van der Waals surface area contributed by atoms with Gasteiger partial charge in [-0.05, 0) is 32.7 Å². The number of aromatic amines is 2. The fourth-order valence-electron chi connectivity index (χ4n) is 2.37. The number of hydrogen-bond donors (Lipinski definition) is 2. The van der Waals surface area contributed by atoms with Crippen molar-refractivity contribution in [2.24, 2.45) is 0 Å². The Hall–Kier alpha value is -1.40. The van der Waals surface area contributed by atoms with E-state index in [1.165, 1.54) is 18.9 Å². The van der Waals surface area contributed by atoms with Gasteiger partial charge in [0.1, 0.15) is 0 Å². The predicted octanol–water partition coefficient (Wildman–Crippen LogP) is 0.454. The minimum Gasteiger partial charge on any atom is -0.378 e. The van der Waals surface area contributed by atoms with Crippen molar-refractivity contribution in [3.63, 3.8) is 0 Å². The molecule has 1 aromatic heterocycles. The van der Waals surface area contributed by atoms with Crippen LogP contribution in [-0.2, 0) is 11.3 Å². The van der Waals surface area contributed by atoms with Crippen molar-refractivity contribution in [1.82, 2.24) is 14.9 Å². The first-order chi connectivity index (χ1) is 9.13. The zero-order valence-corrected chi connectivity index (χ0v) is 11.3. The minimum absolute atomic E-state index is 0.356. The first-order valence-corrected chi connectivity index (χ1v) is 6.76. The largest absolute Gasteiger partial charge is 0.378 e. The van der Waals surface area contributed by atoms with E-state index in [1.807, 2.05) is 7.05 Å². The third-order valence-electron chi connectivity index (χ3n) is 3.36. The van der Waals surface area contributed by atoms with Crippen LogP contribution in [0.3, 0.4) is 0 Å². The van der Waals surface area contributed by atoms with Crippen molar-refractivity contribution in [3.05, 3.63) is 32.6 Å². The number of rotatable bonds is 5. The van der Waals surface area contributed by atoms with Crippen LogP contribution in [0.5, 0.6) is 0 Å². The average Bonchev–Trinajstić information content (AvgIpc) is 2.36. The third kappa shape index (κ3) is 4.65. The summed E-state index contributed by atoms with van der Waals surface area (Å²) in [5, 5.41) is 0. The maximum Gasteiger partial charge on any atom is 0.325 e. The molecule has 0 spiro atoms. The molecule has 0 aromatic carbocycles. The number of nitrogens with one attached hydrogen (secondary N) is 2. The van der Waals surface area contributed by atoms with Gasteiger partial charge >= 0.3 is 5.69 Å². The van der Waals surface area contributed by atoms with Crippen LogP contribution in [0.25, 0.3) is 0 Å². The lowest BCUT2D eigenvalue weighted by Crippen LogP contribution is -2.29. The van der Waals surface area contributed by atoms with Gasteiger partial charge in [-0.25, -0.2) is 4.79 Å². The number of H-pyrrole nitrogens is 2.